The van der Waals surface area contributed by atoms with E-state index in [4.69, 9.17) is 4.74 Å². The summed E-state index contributed by atoms with van der Waals surface area (Å²) in [5.41, 5.74) is 2.56. The van der Waals surface area contributed by atoms with Gasteiger partial charge in [-0.25, -0.2) is 4.79 Å². The molecule has 0 aliphatic heterocycles. The molecule has 0 aromatic carbocycles. The molecule has 0 unspecified atom stereocenters. The molecule has 0 saturated carbocycles. The Labute approximate surface area is 151 Å². The van der Waals surface area contributed by atoms with E-state index in [-0.39, 0.29) is 12.5 Å². The van der Waals surface area contributed by atoms with Crippen molar-refractivity contribution in [3.63, 3.8) is 0 Å². The summed E-state index contributed by atoms with van der Waals surface area (Å²) in [6.07, 6.45) is 2.61. The summed E-state index contributed by atoms with van der Waals surface area (Å²) in [5.74, 6) is -0.607. The summed E-state index contributed by atoms with van der Waals surface area (Å²) >= 11 is 1.40. The number of nitrogens with one attached hydrogen (secondary N) is 1. The molecule has 0 radical (unpaired) electrons. The van der Waals surface area contributed by atoms with Crippen molar-refractivity contribution in [2.24, 2.45) is 7.05 Å². The van der Waals surface area contributed by atoms with E-state index in [1.54, 1.807) is 6.07 Å². The Hall–Kier alpha value is -2.19. The summed E-state index contributed by atoms with van der Waals surface area (Å²) in [5, 5.41) is 7.58. The molecule has 136 valence electrons. The van der Waals surface area contributed by atoms with Gasteiger partial charge in [-0.05, 0) is 26.5 Å². The maximum absolute atomic E-state index is 12.3. The number of methoxy groups -OCH3 is 1. The Morgan fingerprint density at radius 1 is 1.44 bits per heavy atom. The van der Waals surface area contributed by atoms with E-state index < -0.39 is 5.97 Å². The molecular weight excluding hydrogens is 340 g/mol. The maximum Gasteiger partial charge on any atom is 0.340 e. The zero-order valence-corrected chi connectivity index (χ0v) is 16.1. The van der Waals surface area contributed by atoms with E-state index in [0.717, 1.165) is 22.6 Å². The molecule has 25 heavy (non-hydrogen) atoms. The van der Waals surface area contributed by atoms with E-state index in [2.05, 4.69) is 10.4 Å². The number of esters is 1. The number of nitrogens with zero attached hydrogens (tertiary/aromatic N) is 3. The predicted octanol–water partition coefficient (Wildman–Crippen LogP) is 2.21. The predicted molar refractivity (Wildman–Crippen MR) is 97.9 cm³/mol. The van der Waals surface area contributed by atoms with Crippen LogP contribution in [0, 0.1) is 6.92 Å². The van der Waals surface area contributed by atoms with E-state index in [1.165, 1.54) is 18.4 Å². The molecule has 1 amide bonds. The van der Waals surface area contributed by atoms with Crippen LogP contribution in [0.15, 0.2) is 12.3 Å². The van der Waals surface area contributed by atoms with Crippen molar-refractivity contribution >= 4 is 28.2 Å². The lowest BCUT2D eigenvalue weighted by molar-refractivity contribution is -0.117. The molecule has 0 atom stereocenters. The standard InChI is InChI=1S/C17H24N4O3S/c1-6-13-7-14(17(23)24-5)16(25-13)19-15(22)10-20(3)9-12-8-18-21(4)11(12)2/h7-8H,6,9-10H2,1-5H3,(H,19,22). The van der Waals surface area contributed by atoms with Crippen LogP contribution in [-0.4, -0.2) is 47.3 Å². The Bertz CT molecular complexity index is 766. The largest absolute Gasteiger partial charge is 0.465 e. The number of likely N-dealkylation sites (N-methyl/N-ethyl adjacent to an activating group) is 1. The van der Waals surface area contributed by atoms with Gasteiger partial charge < -0.3 is 10.1 Å². The number of aryl methyl sites for hydroxylation is 2. The summed E-state index contributed by atoms with van der Waals surface area (Å²) in [4.78, 5) is 27.1. The molecule has 2 heterocycles. The number of anilines is 1. The van der Waals surface area contributed by atoms with Gasteiger partial charge in [0.15, 0.2) is 0 Å². The van der Waals surface area contributed by atoms with Crippen molar-refractivity contribution in [3.8, 4) is 0 Å². The number of hydrogen-bond donors (Lipinski definition) is 1. The van der Waals surface area contributed by atoms with Crippen molar-refractivity contribution in [2.45, 2.75) is 26.8 Å². The van der Waals surface area contributed by atoms with Gasteiger partial charge in [0.2, 0.25) is 5.91 Å². The van der Waals surface area contributed by atoms with Gasteiger partial charge >= 0.3 is 5.97 Å². The zero-order valence-electron chi connectivity index (χ0n) is 15.3. The molecule has 0 aliphatic carbocycles. The van der Waals surface area contributed by atoms with Crippen LogP contribution in [0.25, 0.3) is 0 Å². The molecule has 2 rings (SSSR count). The molecular formula is C17H24N4O3S. The lowest BCUT2D eigenvalue weighted by Crippen LogP contribution is -2.30. The quantitative estimate of drug-likeness (QED) is 0.762. The van der Waals surface area contributed by atoms with Crippen LogP contribution in [0.1, 0.15) is 33.4 Å². The van der Waals surface area contributed by atoms with Gasteiger partial charge in [-0.3, -0.25) is 14.4 Å². The molecule has 0 saturated heterocycles. The topological polar surface area (TPSA) is 76.5 Å². The fraction of sp³-hybridized carbons (Fsp3) is 0.471. The first-order chi connectivity index (χ1) is 11.8. The van der Waals surface area contributed by atoms with Gasteiger partial charge in [0.25, 0.3) is 0 Å². The maximum atomic E-state index is 12.3. The van der Waals surface area contributed by atoms with Crippen LogP contribution in [0.2, 0.25) is 0 Å². The third-order valence-electron chi connectivity index (χ3n) is 3.98. The van der Waals surface area contributed by atoms with E-state index in [0.29, 0.717) is 17.1 Å². The molecule has 0 fully saturated rings. The molecule has 7 nitrogen and oxygen atoms in total. The first-order valence-corrected chi connectivity index (χ1v) is 8.84. The second kappa shape index (κ2) is 8.26. The number of carbonyl (C=O) groups is 2. The third-order valence-corrected chi connectivity index (χ3v) is 5.18. The first-order valence-electron chi connectivity index (χ1n) is 8.02. The summed E-state index contributed by atoms with van der Waals surface area (Å²) in [6, 6.07) is 1.77. The van der Waals surface area contributed by atoms with Crippen LogP contribution in [0.4, 0.5) is 5.00 Å². The summed E-state index contributed by atoms with van der Waals surface area (Å²) in [6.45, 7) is 4.84. The molecule has 1 N–H and O–H groups in total. The number of thiophene rings is 1. The van der Waals surface area contributed by atoms with Gasteiger partial charge in [-0.15, -0.1) is 11.3 Å². The lowest BCUT2D eigenvalue weighted by Gasteiger charge is -2.16. The van der Waals surface area contributed by atoms with Gasteiger partial charge in [-0.2, -0.15) is 5.10 Å². The smallest absolute Gasteiger partial charge is 0.340 e. The zero-order chi connectivity index (χ0) is 18.6. The fourth-order valence-electron chi connectivity index (χ4n) is 2.43. The Kier molecular flexibility index (Phi) is 6.33. The fourth-order valence-corrected chi connectivity index (χ4v) is 3.43. The average Bonchev–Trinajstić information content (AvgIpc) is 3.12. The SMILES string of the molecule is CCc1cc(C(=O)OC)c(NC(=O)CN(C)Cc2cnn(C)c2C)s1. The van der Waals surface area contributed by atoms with Crippen molar-refractivity contribution < 1.29 is 14.3 Å². The number of aromatic nitrogens is 2. The Morgan fingerprint density at radius 2 is 2.16 bits per heavy atom. The molecule has 0 spiro atoms. The molecule has 0 aliphatic rings. The molecule has 2 aromatic rings. The highest BCUT2D eigenvalue weighted by Crippen LogP contribution is 2.29. The van der Waals surface area contributed by atoms with Crippen molar-refractivity contribution in [1.82, 2.24) is 14.7 Å². The highest BCUT2D eigenvalue weighted by atomic mass is 32.1. The summed E-state index contributed by atoms with van der Waals surface area (Å²) in [7, 11) is 5.10. The van der Waals surface area contributed by atoms with Crippen molar-refractivity contribution in [3.05, 3.63) is 34.0 Å². The number of ether oxygens (including phenoxy) is 1. The minimum Gasteiger partial charge on any atom is -0.465 e. The monoisotopic (exact) mass is 364 g/mol. The molecule has 8 heteroatoms. The number of carbonyl (C=O) groups excluding carboxylic acids is 2. The van der Waals surface area contributed by atoms with E-state index in [1.807, 2.05) is 43.7 Å². The third kappa shape index (κ3) is 4.67. The van der Waals surface area contributed by atoms with Crippen LogP contribution in [-0.2, 0) is 29.5 Å². The van der Waals surface area contributed by atoms with Crippen LogP contribution < -0.4 is 5.32 Å². The van der Waals surface area contributed by atoms with E-state index >= 15 is 0 Å². The normalized spacial score (nSPS) is 11.0. The summed E-state index contributed by atoms with van der Waals surface area (Å²) < 4.78 is 6.60. The van der Waals surface area contributed by atoms with Gasteiger partial charge in [-0.1, -0.05) is 6.92 Å². The van der Waals surface area contributed by atoms with Gasteiger partial charge in [0.05, 0.1) is 25.4 Å². The molecule has 2 aromatic heterocycles. The second-order valence-electron chi connectivity index (χ2n) is 5.90. The van der Waals surface area contributed by atoms with Crippen molar-refractivity contribution in [2.75, 3.05) is 26.0 Å². The molecule has 0 bridgehead atoms. The second-order valence-corrected chi connectivity index (χ2v) is 7.04. The Balaban J connectivity index is 2.01. The first kappa shape index (κ1) is 19.1. The number of hydrogen-bond acceptors (Lipinski definition) is 6. The highest BCUT2D eigenvalue weighted by molar-refractivity contribution is 7.16. The van der Waals surface area contributed by atoms with Crippen LogP contribution in [0.3, 0.4) is 0 Å². The van der Waals surface area contributed by atoms with Crippen molar-refractivity contribution in [1.29, 1.82) is 0 Å². The lowest BCUT2D eigenvalue weighted by atomic mass is 10.2. The van der Waals surface area contributed by atoms with Gasteiger partial charge in [0.1, 0.15) is 5.00 Å². The van der Waals surface area contributed by atoms with Crippen LogP contribution in [0.5, 0.6) is 0 Å². The minimum absolute atomic E-state index is 0.168. The number of rotatable bonds is 7. The Morgan fingerprint density at radius 3 is 2.72 bits per heavy atom. The average molecular weight is 364 g/mol. The minimum atomic E-state index is -0.439. The number of amides is 1. The van der Waals surface area contributed by atoms with Crippen LogP contribution >= 0.6 is 11.3 Å². The highest BCUT2D eigenvalue weighted by Gasteiger charge is 2.19. The van der Waals surface area contributed by atoms with E-state index in [9.17, 15) is 9.59 Å². The van der Waals surface area contributed by atoms with Gasteiger partial charge in [0, 0.05) is 29.7 Å².